The number of nitrogens with two attached hydrogens (primary N) is 1. The summed E-state index contributed by atoms with van der Waals surface area (Å²) in [5, 5.41) is 19.1. The molecule has 0 aliphatic rings. The van der Waals surface area contributed by atoms with Gasteiger partial charge >= 0.3 is 35.5 Å². The van der Waals surface area contributed by atoms with Gasteiger partial charge in [0.25, 0.3) is 0 Å². The van der Waals surface area contributed by atoms with Crippen molar-refractivity contribution in [2.24, 2.45) is 5.73 Å². The van der Waals surface area contributed by atoms with Crippen molar-refractivity contribution in [3.63, 3.8) is 0 Å². The van der Waals surface area contributed by atoms with Gasteiger partial charge in [-0.1, -0.05) is 30.3 Å². The van der Waals surface area contributed by atoms with Crippen LogP contribution in [-0.2, 0) is 9.59 Å². The number of carboxylic acid groups (broad SMARTS) is 1. The number of hydrogen-bond acceptors (Lipinski definition) is 3. The first-order valence-electron chi connectivity index (χ1n) is 6.52. The fourth-order valence-corrected chi connectivity index (χ4v) is 2.00. The Morgan fingerprint density at radius 2 is 1.61 bits per heavy atom. The van der Waals surface area contributed by atoms with Crippen molar-refractivity contribution in [2.75, 3.05) is 5.32 Å². The summed E-state index contributed by atoms with van der Waals surface area (Å²) in [5.41, 5.74) is 6.72. The minimum atomic E-state index is -1.28. The Bertz CT molecular complexity index is 702. The number of amides is 1. The summed E-state index contributed by atoms with van der Waals surface area (Å²) in [5.74, 6) is -3.21. The van der Waals surface area contributed by atoms with Gasteiger partial charge in [-0.15, -0.1) is 0 Å². The third-order valence-electron chi connectivity index (χ3n) is 3.11. The summed E-state index contributed by atoms with van der Waals surface area (Å²) >= 11 is 0. The van der Waals surface area contributed by atoms with Crippen molar-refractivity contribution in [3.05, 3.63) is 65.7 Å². The molecule has 114 valence electrons. The molecule has 0 heterocycles. The van der Waals surface area contributed by atoms with E-state index < -0.39 is 17.8 Å². The van der Waals surface area contributed by atoms with E-state index in [0.29, 0.717) is 16.8 Å². The molecule has 0 saturated heterocycles. The molecule has 0 aliphatic heterocycles. The Hall–Kier alpha value is -2.15. The second-order valence-corrected chi connectivity index (χ2v) is 4.66. The molecule has 23 heavy (non-hydrogen) atoms. The first kappa shape index (κ1) is 18.9. The van der Waals surface area contributed by atoms with Gasteiger partial charge in [-0.05, 0) is 29.8 Å². The Morgan fingerprint density at radius 3 is 2.09 bits per heavy atom. The Balaban J connectivity index is 0.00000264. The molecule has 0 aromatic heterocycles. The van der Waals surface area contributed by atoms with E-state index >= 15 is 0 Å². The van der Waals surface area contributed by atoms with Crippen LogP contribution >= 0.6 is 0 Å². The number of carbonyl (C=O) groups excluding carboxylic acids is 1. The van der Waals surface area contributed by atoms with Gasteiger partial charge in [0.1, 0.15) is 5.84 Å². The van der Waals surface area contributed by atoms with Crippen molar-refractivity contribution in [2.45, 2.75) is 5.92 Å². The van der Waals surface area contributed by atoms with Crippen LogP contribution in [0.25, 0.3) is 0 Å². The molecule has 5 N–H and O–H groups in total. The van der Waals surface area contributed by atoms with Crippen LogP contribution in [0, 0.1) is 5.41 Å². The fourth-order valence-electron chi connectivity index (χ4n) is 2.00. The minimum absolute atomic E-state index is 0. The predicted octanol–water partition coefficient (Wildman–Crippen LogP) is 1.13. The molecular formula is C16H16N3NaO3. The number of aliphatic carboxylic acids is 1. The van der Waals surface area contributed by atoms with Crippen LogP contribution in [0.5, 0.6) is 0 Å². The Kier molecular flexibility index (Phi) is 6.96. The normalized spacial score (nSPS) is 11.0. The standard InChI is InChI=1S/C16H15N3O3.Na.H/c17-14(18)11-6-8-12(9-7-11)19-15(20)13(16(21)22)10-4-2-1-3-5-10;;/h1-9,13H,(H3,17,18)(H,19,20)(H,21,22);;. The summed E-state index contributed by atoms with van der Waals surface area (Å²) in [6.07, 6.45) is 0. The third kappa shape index (κ3) is 4.92. The molecule has 7 heteroatoms. The van der Waals surface area contributed by atoms with Gasteiger partial charge < -0.3 is 16.2 Å². The molecule has 0 saturated carbocycles. The van der Waals surface area contributed by atoms with Gasteiger partial charge in [-0.25, -0.2) is 0 Å². The molecule has 2 aromatic rings. The molecule has 0 fully saturated rings. The maximum atomic E-state index is 12.2. The van der Waals surface area contributed by atoms with Gasteiger partial charge in [0, 0.05) is 11.3 Å². The van der Waals surface area contributed by atoms with E-state index in [1.54, 1.807) is 54.6 Å². The molecule has 6 nitrogen and oxygen atoms in total. The van der Waals surface area contributed by atoms with Crippen LogP contribution in [0.3, 0.4) is 0 Å². The molecule has 2 aromatic carbocycles. The molecule has 1 atom stereocenters. The van der Waals surface area contributed by atoms with E-state index in [-0.39, 0.29) is 35.4 Å². The van der Waals surface area contributed by atoms with E-state index in [1.165, 1.54) is 0 Å². The molecule has 0 radical (unpaired) electrons. The van der Waals surface area contributed by atoms with Crippen LogP contribution in [0.15, 0.2) is 54.6 Å². The van der Waals surface area contributed by atoms with Gasteiger partial charge in [0.2, 0.25) is 5.91 Å². The van der Waals surface area contributed by atoms with E-state index in [4.69, 9.17) is 11.1 Å². The molecular weight excluding hydrogens is 305 g/mol. The fraction of sp³-hybridized carbons (Fsp3) is 0.0625. The first-order valence-corrected chi connectivity index (χ1v) is 6.52. The Labute approximate surface area is 155 Å². The van der Waals surface area contributed by atoms with Crippen LogP contribution in [-0.4, -0.2) is 52.4 Å². The number of carbonyl (C=O) groups is 2. The monoisotopic (exact) mass is 321 g/mol. The summed E-state index contributed by atoms with van der Waals surface area (Å²) in [4.78, 5) is 23.6. The summed E-state index contributed by atoms with van der Waals surface area (Å²) in [6.45, 7) is 0. The van der Waals surface area contributed by atoms with E-state index in [2.05, 4.69) is 5.32 Å². The van der Waals surface area contributed by atoms with Crippen molar-refractivity contribution < 1.29 is 14.7 Å². The molecule has 0 spiro atoms. The molecule has 2 rings (SSSR count). The van der Waals surface area contributed by atoms with Crippen molar-refractivity contribution >= 4 is 53.0 Å². The number of benzene rings is 2. The van der Waals surface area contributed by atoms with Gasteiger partial charge in [0.05, 0.1) is 0 Å². The van der Waals surface area contributed by atoms with Crippen LogP contribution in [0.2, 0.25) is 0 Å². The Morgan fingerprint density at radius 1 is 1.04 bits per heavy atom. The number of amidine groups is 1. The van der Waals surface area contributed by atoms with Crippen LogP contribution in [0.1, 0.15) is 17.0 Å². The number of nitrogens with one attached hydrogen (secondary N) is 2. The van der Waals surface area contributed by atoms with E-state index in [1.807, 2.05) is 0 Å². The van der Waals surface area contributed by atoms with Crippen molar-refractivity contribution in [3.8, 4) is 0 Å². The van der Waals surface area contributed by atoms with Gasteiger partial charge in [-0.3, -0.25) is 15.0 Å². The zero-order valence-electron chi connectivity index (χ0n) is 11.6. The van der Waals surface area contributed by atoms with E-state index in [9.17, 15) is 14.7 Å². The van der Waals surface area contributed by atoms with Gasteiger partial charge in [0.15, 0.2) is 5.92 Å². The average molecular weight is 321 g/mol. The molecule has 0 aliphatic carbocycles. The van der Waals surface area contributed by atoms with Crippen molar-refractivity contribution in [1.82, 2.24) is 0 Å². The summed E-state index contributed by atoms with van der Waals surface area (Å²) in [6, 6.07) is 14.6. The summed E-state index contributed by atoms with van der Waals surface area (Å²) in [7, 11) is 0. The summed E-state index contributed by atoms with van der Waals surface area (Å²) < 4.78 is 0. The SMILES string of the molecule is N=C(N)c1ccc(NC(=O)C(C(=O)O)c2ccccc2)cc1.[NaH]. The first-order chi connectivity index (χ1) is 10.5. The second kappa shape index (κ2) is 8.47. The van der Waals surface area contributed by atoms with Crippen LogP contribution < -0.4 is 11.1 Å². The zero-order chi connectivity index (χ0) is 16.1. The number of anilines is 1. The average Bonchev–Trinajstić information content (AvgIpc) is 2.48. The predicted molar refractivity (Wildman–Crippen MR) is 90.1 cm³/mol. The van der Waals surface area contributed by atoms with Crippen LogP contribution in [0.4, 0.5) is 5.69 Å². The van der Waals surface area contributed by atoms with Gasteiger partial charge in [-0.2, -0.15) is 0 Å². The number of rotatable bonds is 5. The number of hydrogen-bond donors (Lipinski definition) is 4. The maximum absolute atomic E-state index is 12.2. The van der Waals surface area contributed by atoms with E-state index in [0.717, 1.165) is 0 Å². The second-order valence-electron chi connectivity index (χ2n) is 4.66. The van der Waals surface area contributed by atoms with Crippen molar-refractivity contribution in [1.29, 1.82) is 5.41 Å². The third-order valence-corrected chi connectivity index (χ3v) is 3.11. The number of nitrogen functional groups attached to an aromatic ring is 1. The molecule has 1 unspecified atom stereocenters. The zero-order valence-corrected chi connectivity index (χ0v) is 11.6. The topological polar surface area (TPSA) is 116 Å². The molecule has 1 amide bonds. The molecule has 0 bridgehead atoms. The number of carboxylic acids is 1. The quantitative estimate of drug-likeness (QED) is 0.286.